The standard InChI is InChI=1S/C25H50N6O13/c26-3-2-11(34)23(40)31-10-6-9(27)21(20(39)22(10)44-25-19(38)14(28)16(35)13(8-33)42-25)43-24-15(29)18(37)17(36)12(41-24)7-30-4-1-5-32/h9-22,24-25,30,32-39H,1-8,26-29H2,(H,31,40)/t9-,10+,11-,12+,13+,14-,15+,16+,17+,18+,19+,20-,21+,22-,24+,25+/m0/s1. The molecule has 18 N–H and O–H groups in total. The summed E-state index contributed by atoms with van der Waals surface area (Å²) in [5, 5.41) is 87.7. The monoisotopic (exact) mass is 642 g/mol. The largest absolute Gasteiger partial charge is 0.396 e. The van der Waals surface area contributed by atoms with E-state index in [4.69, 9.17) is 47.0 Å². The van der Waals surface area contributed by atoms with E-state index in [9.17, 15) is 40.5 Å². The van der Waals surface area contributed by atoms with Gasteiger partial charge in [-0.15, -0.1) is 0 Å². The summed E-state index contributed by atoms with van der Waals surface area (Å²) >= 11 is 0. The summed E-state index contributed by atoms with van der Waals surface area (Å²) in [5.74, 6) is -0.829. The Labute approximate surface area is 254 Å². The predicted molar refractivity (Wildman–Crippen MR) is 149 cm³/mol. The van der Waals surface area contributed by atoms with E-state index in [1.54, 1.807) is 0 Å². The lowest BCUT2D eigenvalue weighted by atomic mass is 9.83. The molecular weight excluding hydrogens is 592 g/mol. The molecule has 258 valence electrons. The van der Waals surface area contributed by atoms with Crippen LogP contribution in [0, 0.1) is 0 Å². The number of nitrogens with one attached hydrogen (secondary N) is 2. The maximum atomic E-state index is 12.7. The maximum Gasteiger partial charge on any atom is 0.249 e. The average molecular weight is 643 g/mol. The SMILES string of the molecule is NCC[C@H](O)C(=O)N[C@@H]1C[C@H](N)[C@@H](O[C@H]2O[C@H](CNCCCO)[C@@H](O)[C@H](O)[C@H]2N)[C@H](O)[C@H]1O[C@H]1O[C@H](CO)[C@@H](O)[C@H](N)[C@H]1O. The fourth-order valence-electron chi connectivity index (χ4n) is 5.54. The number of rotatable bonds is 14. The zero-order chi connectivity index (χ0) is 32.7. The molecule has 2 saturated heterocycles. The summed E-state index contributed by atoms with van der Waals surface area (Å²) in [6.45, 7) is -0.226. The Balaban J connectivity index is 1.82. The minimum absolute atomic E-state index is 0.0161. The van der Waals surface area contributed by atoms with Gasteiger partial charge in [0.2, 0.25) is 5.91 Å². The van der Waals surface area contributed by atoms with Gasteiger partial charge in [-0.05, 0) is 32.4 Å². The van der Waals surface area contributed by atoms with Crippen LogP contribution in [0.25, 0.3) is 0 Å². The van der Waals surface area contributed by atoms with Crippen LogP contribution in [0.15, 0.2) is 0 Å². The molecule has 0 aromatic rings. The fraction of sp³-hybridized carbons (Fsp3) is 0.960. The second kappa shape index (κ2) is 17.1. The van der Waals surface area contributed by atoms with Crippen molar-refractivity contribution in [1.29, 1.82) is 0 Å². The Morgan fingerprint density at radius 2 is 1.52 bits per heavy atom. The van der Waals surface area contributed by atoms with Crippen molar-refractivity contribution in [3.05, 3.63) is 0 Å². The van der Waals surface area contributed by atoms with Gasteiger partial charge in [-0.1, -0.05) is 0 Å². The van der Waals surface area contributed by atoms with Gasteiger partial charge in [0.15, 0.2) is 12.6 Å². The first kappa shape index (κ1) is 37.2. The van der Waals surface area contributed by atoms with E-state index in [0.717, 1.165) is 0 Å². The van der Waals surface area contributed by atoms with Crippen LogP contribution in [0.2, 0.25) is 0 Å². The Morgan fingerprint density at radius 3 is 2.16 bits per heavy atom. The van der Waals surface area contributed by atoms with Crippen molar-refractivity contribution in [3.8, 4) is 0 Å². The molecule has 1 saturated carbocycles. The van der Waals surface area contributed by atoms with Gasteiger partial charge in [0.1, 0.15) is 61.0 Å². The molecular formula is C25H50N6O13. The third kappa shape index (κ3) is 8.77. The van der Waals surface area contributed by atoms with Gasteiger partial charge < -0.3 is 93.4 Å². The third-order valence-corrected chi connectivity index (χ3v) is 8.21. The van der Waals surface area contributed by atoms with Crippen LogP contribution in [0.5, 0.6) is 0 Å². The first-order valence-corrected chi connectivity index (χ1v) is 14.8. The van der Waals surface area contributed by atoms with E-state index in [1.165, 1.54) is 0 Å². The van der Waals surface area contributed by atoms with E-state index in [-0.39, 0.29) is 32.5 Å². The number of ether oxygens (including phenoxy) is 4. The molecule has 0 bridgehead atoms. The zero-order valence-electron chi connectivity index (χ0n) is 24.3. The molecule has 1 aliphatic carbocycles. The molecule has 2 heterocycles. The molecule has 0 aromatic heterocycles. The molecule has 19 nitrogen and oxygen atoms in total. The lowest BCUT2D eigenvalue weighted by Crippen LogP contribution is -2.70. The quantitative estimate of drug-likeness (QED) is 0.0782. The highest BCUT2D eigenvalue weighted by Gasteiger charge is 2.52. The van der Waals surface area contributed by atoms with Crippen molar-refractivity contribution in [1.82, 2.24) is 10.6 Å². The molecule has 1 amide bonds. The van der Waals surface area contributed by atoms with Crippen LogP contribution >= 0.6 is 0 Å². The Hall–Kier alpha value is -1.21. The van der Waals surface area contributed by atoms with Crippen LogP contribution < -0.4 is 33.6 Å². The first-order valence-electron chi connectivity index (χ1n) is 14.8. The molecule has 2 aliphatic heterocycles. The second-order valence-corrected chi connectivity index (χ2v) is 11.5. The van der Waals surface area contributed by atoms with Crippen molar-refractivity contribution < 1.29 is 64.6 Å². The Bertz CT molecular complexity index is 882. The van der Waals surface area contributed by atoms with E-state index in [2.05, 4.69) is 10.6 Å². The molecule has 44 heavy (non-hydrogen) atoms. The topological polar surface area (TPSA) is 344 Å². The summed E-state index contributed by atoms with van der Waals surface area (Å²) in [6.07, 6.45) is -16.7. The van der Waals surface area contributed by atoms with Crippen LogP contribution in [-0.2, 0) is 23.7 Å². The fourth-order valence-corrected chi connectivity index (χ4v) is 5.54. The normalized spacial score (nSPS) is 43.9. The molecule has 0 unspecified atom stereocenters. The summed E-state index contributed by atoms with van der Waals surface area (Å²) < 4.78 is 23.2. The lowest BCUT2D eigenvalue weighted by Gasteiger charge is -2.49. The van der Waals surface area contributed by atoms with Crippen molar-refractivity contribution in [2.75, 3.05) is 32.8 Å². The average Bonchev–Trinajstić information content (AvgIpc) is 2.99. The Morgan fingerprint density at radius 1 is 0.864 bits per heavy atom. The number of nitrogens with two attached hydrogens (primary N) is 4. The molecule has 3 rings (SSSR count). The van der Waals surface area contributed by atoms with Crippen molar-refractivity contribution in [2.24, 2.45) is 22.9 Å². The number of hydrogen-bond acceptors (Lipinski definition) is 18. The third-order valence-electron chi connectivity index (χ3n) is 8.21. The second-order valence-electron chi connectivity index (χ2n) is 11.5. The van der Waals surface area contributed by atoms with Gasteiger partial charge >= 0.3 is 0 Å². The summed E-state index contributed by atoms with van der Waals surface area (Å²) in [5.41, 5.74) is 23.8. The van der Waals surface area contributed by atoms with Crippen LogP contribution in [0.1, 0.15) is 19.3 Å². The minimum atomic E-state index is -1.68. The molecule has 0 spiro atoms. The molecule has 0 radical (unpaired) electrons. The van der Waals surface area contributed by atoms with Crippen molar-refractivity contribution >= 4 is 5.91 Å². The molecule has 16 atom stereocenters. The summed E-state index contributed by atoms with van der Waals surface area (Å²) in [6, 6.07) is -4.66. The summed E-state index contributed by atoms with van der Waals surface area (Å²) in [7, 11) is 0. The number of carbonyl (C=O) groups excluding carboxylic acids is 1. The van der Waals surface area contributed by atoms with E-state index >= 15 is 0 Å². The lowest BCUT2D eigenvalue weighted by molar-refractivity contribution is -0.320. The highest BCUT2D eigenvalue weighted by Crippen LogP contribution is 2.31. The van der Waals surface area contributed by atoms with Gasteiger partial charge in [-0.3, -0.25) is 4.79 Å². The van der Waals surface area contributed by atoms with Gasteiger partial charge in [-0.2, -0.15) is 0 Å². The van der Waals surface area contributed by atoms with Gasteiger partial charge in [0, 0.05) is 19.2 Å². The first-order chi connectivity index (χ1) is 20.9. The van der Waals surface area contributed by atoms with Crippen LogP contribution in [-0.4, -0.2) is 177 Å². The van der Waals surface area contributed by atoms with Crippen LogP contribution in [0.3, 0.4) is 0 Å². The highest BCUT2D eigenvalue weighted by atomic mass is 16.7. The maximum absolute atomic E-state index is 12.7. The zero-order valence-corrected chi connectivity index (χ0v) is 24.3. The summed E-state index contributed by atoms with van der Waals surface area (Å²) in [4.78, 5) is 12.7. The molecule has 19 heteroatoms. The van der Waals surface area contributed by atoms with E-state index in [0.29, 0.717) is 13.0 Å². The molecule has 3 fully saturated rings. The van der Waals surface area contributed by atoms with Crippen LogP contribution in [0.4, 0.5) is 0 Å². The van der Waals surface area contributed by atoms with Gasteiger partial charge in [0.25, 0.3) is 0 Å². The highest BCUT2D eigenvalue weighted by molar-refractivity contribution is 5.80. The number of hydrogen-bond donors (Lipinski definition) is 14. The minimum Gasteiger partial charge on any atom is -0.396 e. The number of aliphatic hydroxyl groups excluding tert-OH is 8. The number of amides is 1. The number of aliphatic hydroxyl groups is 8. The van der Waals surface area contributed by atoms with E-state index < -0.39 is 110 Å². The van der Waals surface area contributed by atoms with Crippen molar-refractivity contribution in [3.63, 3.8) is 0 Å². The Kier molecular flexibility index (Phi) is 14.5. The van der Waals surface area contributed by atoms with Gasteiger partial charge in [0.05, 0.1) is 24.7 Å². The van der Waals surface area contributed by atoms with Gasteiger partial charge in [-0.25, -0.2) is 0 Å². The van der Waals surface area contributed by atoms with E-state index in [1.807, 2.05) is 0 Å². The molecule has 3 aliphatic rings. The predicted octanol–water partition coefficient (Wildman–Crippen LogP) is -8.44. The molecule has 0 aromatic carbocycles. The number of carbonyl (C=O) groups is 1. The van der Waals surface area contributed by atoms with Crippen molar-refractivity contribution in [2.45, 2.75) is 117 Å². The smallest absolute Gasteiger partial charge is 0.249 e.